The Hall–Kier alpha value is -3.92. The SMILES string of the molecule is CC1Cc2cccc(c2O)CCc2cccc(c2O)Cc2cccc(c2O)CCc2cccc1c2O. The highest BCUT2D eigenvalue weighted by molar-refractivity contribution is 5.50. The first-order valence-electron chi connectivity index (χ1n) is 12.6. The van der Waals surface area contributed by atoms with Crippen molar-refractivity contribution in [1.29, 1.82) is 0 Å². The van der Waals surface area contributed by atoms with Crippen LogP contribution in [0, 0.1) is 0 Å². The lowest BCUT2D eigenvalue weighted by Gasteiger charge is -2.18. The predicted molar refractivity (Wildman–Crippen MR) is 142 cm³/mol. The van der Waals surface area contributed by atoms with E-state index >= 15 is 0 Å². The first kappa shape index (κ1) is 23.8. The molecular formula is C32H32O4. The number of para-hydroxylation sites is 4. The molecular weight excluding hydrogens is 448 g/mol. The number of hydrogen-bond donors (Lipinski definition) is 4. The van der Waals surface area contributed by atoms with Gasteiger partial charge in [-0.25, -0.2) is 0 Å². The van der Waals surface area contributed by atoms with E-state index in [1.165, 1.54) is 0 Å². The van der Waals surface area contributed by atoms with Crippen molar-refractivity contribution >= 4 is 0 Å². The molecule has 0 amide bonds. The van der Waals surface area contributed by atoms with E-state index in [9.17, 15) is 20.4 Å². The van der Waals surface area contributed by atoms with Gasteiger partial charge in [-0.1, -0.05) is 79.7 Å². The van der Waals surface area contributed by atoms with E-state index in [1.807, 2.05) is 72.8 Å². The Morgan fingerprint density at radius 3 is 1.33 bits per heavy atom. The van der Waals surface area contributed by atoms with Crippen LogP contribution in [0.25, 0.3) is 0 Å². The molecule has 4 nitrogen and oxygen atoms in total. The lowest BCUT2D eigenvalue weighted by molar-refractivity contribution is 0.447. The molecule has 1 aliphatic carbocycles. The number of benzene rings is 4. The lowest BCUT2D eigenvalue weighted by atomic mass is 9.89. The Labute approximate surface area is 212 Å². The van der Waals surface area contributed by atoms with Crippen LogP contribution in [0.3, 0.4) is 0 Å². The number of aromatic hydroxyl groups is 4. The molecule has 4 N–H and O–H groups in total. The van der Waals surface area contributed by atoms with E-state index in [4.69, 9.17) is 0 Å². The van der Waals surface area contributed by atoms with Crippen LogP contribution in [0.5, 0.6) is 23.0 Å². The van der Waals surface area contributed by atoms with Crippen molar-refractivity contribution in [3.8, 4) is 23.0 Å². The van der Waals surface area contributed by atoms with Gasteiger partial charge < -0.3 is 20.4 Å². The Kier molecular flexibility index (Phi) is 6.60. The first-order chi connectivity index (χ1) is 17.4. The molecule has 4 heteroatoms. The zero-order valence-electron chi connectivity index (χ0n) is 20.5. The summed E-state index contributed by atoms with van der Waals surface area (Å²) in [5.41, 5.74) is 6.54. The molecule has 4 aromatic rings. The molecule has 184 valence electrons. The molecule has 0 aromatic heterocycles. The minimum atomic E-state index is 0.00522. The topological polar surface area (TPSA) is 80.9 Å². The number of hydrogen-bond acceptors (Lipinski definition) is 4. The maximum absolute atomic E-state index is 11.1. The van der Waals surface area contributed by atoms with E-state index in [0.717, 1.165) is 44.5 Å². The van der Waals surface area contributed by atoms with Gasteiger partial charge in [0.25, 0.3) is 0 Å². The fourth-order valence-electron chi connectivity index (χ4n) is 5.38. The second kappa shape index (κ2) is 9.98. The highest BCUT2D eigenvalue weighted by Gasteiger charge is 2.19. The number of phenolic OH excluding ortho intramolecular Hbond substituents is 4. The fraction of sp³-hybridized carbons (Fsp3) is 0.250. The van der Waals surface area contributed by atoms with Gasteiger partial charge in [0.2, 0.25) is 0 Å². The molecule has 1 aliphatic rings. The van der Waals surface area contributed by atoms with Crippen molar-refractivity contribution in [2.45, 2.75) is 51.4 Å². The highest BCUT2D eigenvalue weighted by atomic mass is 16.3. The highest BCUT2D eigenvalue weighted by Crippen LogP contribution is 2.36. The molecule has 5 rings (SSSR count). The molecule has 1 atom stereocenters. The van der Waals surface area contributed by atoms with Gasteiger partial charge in [0, 0.05) is 6.42 Å². The molecule has 0 saturated carbocycles. The number of aryl methyl sites for hydroxylation is 4. The van der Waals surface area contributed by atoms with Gasteiger partial charge in [0.15, 0.2) is 0 Å². The van der Waals surface area contributed by atoms with Crippen LogP contribution in [0.1, 0.15) is 57.3 Å². The molecule has 4 aromatic carbocycles. The molecule has 0 radical (unpaired) electrons. The zero-order chi connectivity index (χ0) is 25.2. The molecule has 0 spiro atoms. The average molecular weight is 481 g/mol. The molecule has 0 fully saturated rings. The van der Waals surface area contributed by atoms with Gasteiger partial charge in [-0.15, -0.1) is 0 Å². The Morgan fingerprint density at radius 2 is 0.833 bits per heavy atom. The second-order valence-electron chi connectivity index (χ2n) is 9.91. The zero-order valence-corrected chi connectivity index (χ0v) is 20.5. The van der Waals surface area contributed by atoms with Crippen LogP contribution in [-0.2, 0) is 38.5 Å². The van der Waals surface area contributed by atoms with Crippen molar-refractivity contribution in [1.82, 2.24) is 0 Å². The fourth-order valence-corrected chi connectivity index (χ4v) is 5.38. The third-order valence-corrected chi connectivity index (χ3v) is 7.53. The van der Waals surface area contributed by atoms with Gasteiger partial charge in [-0.2, -0.15) is 0 Å². The summed E-state index contributed by atoms with van der Waals surface area (Å²) in [5, 5.41) is 44.2. The van der Waals surface area contributed by atoms with Crippen LogP contribution in [0.2, 0.25) is 0 Å². The monoisotopic (exact) mass is 480 g/mol. The molecule has 1 unspecified atom stereocenters. The Morgan fingerprint density at radius 1 is 0.472 bits per heavy atom. The van der Waals surface area contributed by atoms with Crippen LogP contribution >= 0.6 is 0 Å². The largest absolute Gasteiger partial charge is 0.507 e. The van der Waals surface area contributed by atoms with Crippen molar-refractivity contribution in [2.24, 2.45) is 0 Å². The van der Waals surface area contributed by atoms with Gasteiger partial charge >= 0.3 is 0 Å². The predicted octanol–water partition coefficient (Wildman–Crippen LogP) is 6.33. The van der Waals surface area contributed by atoms with E-state index < -0.39 is 0 Å². The number of fused-ring (bicyclic) bond motifs is 8. The minimum absolute atomic E-state index is 0.00522. The van der Waals surface area contributed by atoms with Crippen molar-refractivity contribution in [2.75, 3.05) is 0 Å². The molecule has 36 heavy (non-hydrogen) atoms. The third kappa shape index (κ3) is 4.64. The summed E-state index contributed by atoms with van der Waals surface area (Å²) < 4.78 is 0. The summed E-state index contributed by atoms with van der Waals surface area (Å²) in [7, 11) is 0. The van der Waals surface area contributed by atoms with E-state index in [-0.39, 0.29) is 28.9 Å². The van der Waals surface area contributed by atoms with E-state index in [2.05, 4.69) is 6.92 Å². The second-order valence-corrected chi connectivity index (χ2v) is 9.91. The average Bonchev–Trinajstić information content (AvgIpc) is 2.87. The van der Waals surface area contributed by atoms with Crippen LogP contribution in [0.15, 0.2) is 72.8 Å². The van der Waals surface area contributed by atoms with Gasteiger partial charge in [0.1, 0.15) is 23.0 Å². The lowest BCUT2D eigenvalue weighted by Crippen LogP contribution is -2.03. The molecule has 0 saturated heterocycles. The van der Waals surface area contributed by atoms with E-state index in [1.54, 1.807) is 0 Å². The summed E-state index contributed by atoms with van der Waals surface area (Å²) in [6.45, 7) is 2.06. The van der Waals surface area contributed by atoms with E-state index in [0.29, 0.717) is 38.5 Å². The standard InChI is InChI=1S/C32H32O4/c1-20-18-25-10-2-6-21(29(25)33)14-15-22-7-3-11-26(30(22)34)19-27-12-4-8-23(31(27)35)16-17-24-9-5-13-28(20)32(24)36/h2-13,20,33-36H,14-19H2,1H3. The number of rotatable bonds is 0. The van der Waals surface area contributed by atoms with Crippen molar-refractivity contribution in [3.63, 3.8) is 0 Å². The summed E-state index contributed by atoms with van der Waals surface area (Å²) >= 11 is 0. The normalized spacial score (nSPS) is 16.0. The summed E-state index contributed by atoms with van der Waals surface area (Å²) in [5.74, 6) is 1.06. The smallest absolute Gasteiger partial charge is 0.122 e. The van der Waals surface area contributed by atoms with Gasteiger partial charge in [-0.05, 0) is 82.5 Å². The summed E-state index contributed by atoms with van der Waals surface area (Å²) in [4.78, 5) is 0. The Bertz CT molecular complexity index is 1410. The molecule has 8 bridgehead atoms. The molecule has 0 aliphatic heterocycles. The quantitative estimate of drug-likeness (QED) is 0.237. The Balaban J connectivity index is 1.59. The van der Waals surface area contributed by atoms with Gasteiger partial charge in [0.05, 0.1) is 0 Å². The summed E-state index contributed by atoms with van der Waals surface area (Å²) in [6, 6.07) is 23.1. The van der Waals surface area contributed by atoms with Crippen LogP contribution in [-0.4, -0.2) is 20.4 Å². The van der Waals surface area contributed by atoms with Crippen molar-refractivity contribution < 1.29 is 20.4 Å². The van der Waals surface area contributed by atoms with Gasteiger partial charge in [-0.3, -0.25) is 0 Å². The maximum Gasteiger partial charge on any atom is 0.122 e. The maximum atomic E-state index is 11.1. The van der Waals surface area contributed by atoms with Crippen LogP contribution < -0.4 is 0 Å². The van der Waals surface area contributed by atoms with Crippen molar-refractivity contribution in [3.05, 3.63) is 117 Å². The molecule has 0 heterocycles. The minimum Gasteiger partial charge on any atom is -0.507 e. The number of phenols is 4. The first-order valence-corrected chi connectivity index (χ1v) is 12.6. The summed E-state index contributed by atoms with van der Waals surface area (Å²) in [6.07, 6.45) is 3.36. The van der Waals surface area contributed by atoms with Crippen LogP contribution in [0.4, 0.5) is 0 Å². The third-order valence-electron chi connectivity index (χ3n) is 7.53.